The van der Waals surface area contributed by atoms with Crippen LogP contribution in [0.5, 0.6) is 0 Å². The van der Waals surface area contributed by atoms with Crippen molar-refractivity contribution in [3.63, 3.8) is 0 Å². The van der Waals surface area contributed by atoms with Crippen LogP contribution in [-0.4, -0.2) is 53.0 Å². The highest BCUT2D eigenvalue weighted by molar-refractivity contribution is 7.15. The van der Waals surface area contributed by atoms with Gasteiger partial charge < -0.3 is 5.32 Å². The number of aromatic nitrogens is 1. The average molecular weight is 282 g/mol. The van der Waals surface area contributed by atoms with Crippen LogP contribution in [0.25, 0.3) is 0 Å². The summed E-state index contributed by atoms with van der Waals surface area (Å²) in [5.74, 6) is 0. The van der Waals surface area contributed by atoms with Crippen molar-refractivity contribution in [2.45, 2.75) is 39.8 Å². The molecule has 2 heterocycles. The van der Waals surface area contributed by atoms with Crippen molar-refractivity contribution in [1.29, 1.82) is 0 Å². The minimum atomic E-state index is 0.300. The topological polar surface area (TPSA) is 31.4 Å². The van der Waals surface area contributed by atoms with E-state index >= 15 is 0 Å². The summed E-state index contributed by atoms with van der Waals surface area (Å²) in [5, 5.41) is 4.32. The molecule has 1 fully saturated rings. The quantitative estimate of drug-likeness (QED) is 0.919. The van der Waals surface area contributed by atoms with Gasteiger partial charge in [0.15, 0.2) is 5.13 Å². The zero-order chi connectivity index (χ0) is 13.9. The van der Waals surface area contributed by atoms with E-state index in [-0.39, 0.29) is 0 Å². The third-order valence-corrected chi connectivity index (χ3v) is 4.52. The summed E-state index contributed by atoms with van der Waals surface area (Å²) in [6.07, 6.45) is 2.01. The first kappa shape index (κ1) is 14.8. The summed E-state index contributed by atoms with van der Waals surface area (Å²) in [4.78, 5) is 10.9. The van der Waals surface area contributed by atoms with Gasteiger partial charge in [0.25, 0.3) is 0 Å². The normalized spacial score (nSPS) is 18.7. The zero-order valence-electron chi connectivity index (χ0n) is 12.6. The van der Waals surface area contributed by atoms with Gasteiger partial charge in [-0.2, -0.15) is 0 Å². The maximum absolute atomic E-state index is 4.40. The molecular weight excluding hydrogens is 256 g/mol. The van der Waals surface area contributed by atoms with Crippen molar-refractivity contribution in [2.75, 3.05) is 38.0 Å². The first-order valence-corrected chi connectivity index (χ1v) is 7.96. The lowest BCUT2D eigenvalue weighted by molar-refractivity contribution is 0.0595. The molecule has 2 rings (SSSR count). The van der Waals surface area contributed by atoms with Crippen LogP contribution >= 0.6 is 11.3 Å². The monoisotopic (exact) mass is 282 g/mol. The van der Waals surface area contributed by atoms with E-state index in [1.165, 1.54) is 18.0 Å². The van der Waals surface area contributed by atoms with Crippen LogP contribution in [0.4, 0.5) is 5.13 Å². The molecule has 0 atom stereocenters. The number of rotatable bonds is 4. The first-order valence-electron chi connectivity index (χ1n) is 7.15. The first-order chi connectivity index (χ1) is 8.99. The van der Waals surface area contributed by atoms with Gasteiger partial charge in [-0.15, -0.1) is 11.3 Å². The number of nitrogens with one attached hydrogen (secondary N) is 1. The van der Waals surface area contributed by atoms with Crippen LogP contribution in [0.1, 0.15) is 32.6 Å². The second kappa shape index (κ2) is 6.20. The molecule has 19 heavy (non-hydrogen) atoms. The average Bonchev–Trinajstić information content (AvgIpc) is 2.77. The predicted octanol–water partition coefficient (Wildman–Crippen LogP) is 2.49. The van der Waals surface area contributed by atoms with E-state index < -0.39 is 0 Å². The standard InChI is InChI=1S/C14H26N4S/c1-5-15-13-16-10-12(19-13)11-17-6-8-18(9-7-17)14(2,3)4/h10H,5-9,11H2,1-4H3,(H,15,16). The Balaban J connectivity index is 1.82. The largest absolute Gasteiger partial charge is 0.362 e. The number of hydrogen-bond acceptors (Lipinski definition) is 5. The minimum absolute atomic E-state index is 0.300. The molecular formula is C14H26N4S. The molecule has 0 radical (unpaired) electrons. The maximum Gasteiger partial charge on any atom is 0.182 e. The van der Waals surface area contributed by atoms with Crippen molar-refractivity contribution >= 4 is 16.5 Å². The number of hydrogen-bond donors (Lipinski definition) is 1. The summed E-state index contributed by atoms with van der Waals surface area (Å²) >= 11 is 1.78. The zero-order valence-corrected chi connectivity index (χ0v) is 13.4. The molecule has 4 nitrogen and oxygen atoms in total. The minimum Gasteiger partial charge on any atom is -0.362 e. The van der Waals surface area contributed by atoms with Crippen molar-refractivity contribution in [3.8, 4) is 0 Å². The van der Waals surface area contributed by atoms with Crippen LogP contribution in [0, 0.1) is 0 Å². The molecule has 0 aliphatic carbocycles. The number of nitrogens with zero attached hydrogens (tertiary/aromatic N) is 3. The molecule has 0 saturated carbocycles. The fourth-order valence-corrected chi connectivity index (χ4v) is 3.33. The second-order valence-electron chi connectivity index (χ2n) is 6.10. The summed E-state index contributed by atoms with van der Waals surface area (Å²) < 4.78 is 0. The van der Waals surface area contributed by atoms with Gasteiger partial charge in [-0.25, -0.2) is 4.98 Å². The maximum atomic E-state index is 4.40. The summed E-state index contributed by atoms with van der Waals surface area (Å²) in [7, 11) is 0. The van der Waals surface area contributed by atoms with Crippen LogP contribution in [0.2, 0.25) is 0 Å². The molecule has 5 heteroatoms. The van der Waals surface area contributed by atoms with E-state index in [0.717, 1.165) is 31.3 Å². The Bertz CT molecular complexity index is 388. The fraction of sp³-hybridized carbons (Fsp3) is 0.786. The summed E-state index contributed by atoms with van der Waals surface area (Å²) in [6, 6.07) is 0. The highest BCUT2D eigenvalue weighted by atomic mass is 32.1. The lowest BCUT2D eigenvalue weighted by atomic mass is 10.1. The Morgan fingerprint density at radius 1 is 1.26 bits per heavy atom. The Kier molecular flexibility index (Phi) is 4.81. The van der Waals surface area contributed by atoms with E-state index in [1.54, 1.807) is 11.3 Å². The highest BCUT2D eigenvalue weighted by Gasteiger charge is 2.25. The lowest BCUT2D eigenvalue weighted by Crippen LogP contribution is -2.53. The van der Waals surface area contributed by atoms with Crippen molar-refractivity contribution in [3.05, 3.63) is 11.1 Å². The molecule has 0 spiro atoms. The van der Waals surface area contributed by atoms with Crippen LogP contribution < -0.4 is 5.32 Å². The van der Waals surface area contributed by atoms with Gasteiger partial charge in [0.2, 0.25) is 0 Å². The molecule has 1 aliphatic rings. The van der Waals surface area contributed by atoms with Crippen LogP contribution in [0.15, 0.2) is 6.20 Å². The predicted molar refractivity (Wildman–Crippen MR) is 82.9 cm³/mol. The Morgan fingerprint density at radius 2 is 1.95 bits per heavy atom. The Morgan fingerprint density at radius 3 is 2.53 bits per heavy atom. The van der Waals surface area contributed by atoms with Crippen molar-refractivity contribution in [2.24, 2.45) is 0 Å². The molecule has 1 N–H and O–H groups in total. The summed E-state index contributed by atoms with van der Waals surface area (Å²) in [5.41, 5.74) is 0.300. The van der Waals surface area contributed by atoms with Crippen LogP contribution in [-0.2, 0) is 6.54 Å². The van der Waals surface area contributed by atoms with Gasteiger partial charge in [0.05, 0.1) is 0 Å². The Hall–Kier alpha value is -0.650. The molecule has 0 aromatic carbocycles. The van der Waals surface area contributed by atoms with Gasteiger partial charge in [0, 0.05) is 55.9 Å². The number of thiazole rings is 1. The van der Waals surface area contributed by atoms with Gasteiger partial charge in [-0.3, -0.25) is 9.80 Å². The molecule has 0 bridgehead atoms. The van der Waals surface area contributed by atoms with Gasteiger partial charge in [-0.05, 0) is 27.7 Å². The van der Waals surface area contributed by atoms with Gasteiger partial charge in [-0.1, -0.05) is 0 Å². The molecule has 108 valence electrons. The molecule has 1 aliphatic heterocycles. The van der Waals surface area contributed by atoms with E-state index in [9.17, 15) is 0 Å². The lowest BCUT2D eigenvalue weighted by Gasteiger charge is -2.42. The second-order valence-corrected chi connectivity index (χ2v) is 7.21. The molecule has 0 amide bonds. The van der Waals surface area contributed by atoms with Gasteiger partial charge >= 0.3 is 0 Å². The molecule has 1 saturated heterocycles. The Labute approximate surface area is 120 Å². The molecule has 0 unspecified atom stereocenters. The molecule has 1 aromatic rings. The van der Waals surface area contributed by atoms with Gasteiger partial charge in [0.1, 0.15) is 0 Å². The molecule has 1 aromatic heterocycles. The smallest absolute Gasteiger partial charge is 0.182 e. The van der Waals surface area contributed by atoms with E-state index in [1.807, 2.05) is 6.20 Å². The van der Waals surface area contributed by atoms with E-state index in [4.69, 9.17) is 0 Å². The third kappa shape index (κ3) is 4.16. The van der Waals surface area contributed by atoms with Crippen molar-refractivity contribution < 1.29 is 0 Å². The third-order valence-electron chi connectivity index (χ3n) is 3.58. The number of piperazine rings is 1. The fourth-order valence-electron chi connectivity index (χ4n) is 2.41. The van der Waals surface area contributed by atoms with E-state index in [0.29, 0.717) is 5.54 Å². The van der Waals surface area contributed by atoms with E-state index in [2.05, 4.69) is 47.8 Å². The number of anilines is 1. The van der Waals surface area contributed by atoms with Crippen LogP contribution in [0.3, 0.4) is 0 Å². The summed E-state index contributed by atoms with van der Waals surface area (Å²) in [6.45, 7) is 15.6. The van der Waals surface area contributed by atoms with Crippen molar-refractivity contribution in [1.82, 2.24) is 14.8 Å². The highest BCUT2D eigenvalue weighted by Crippen LogP contribution is 2.21. The SMILES string of the molecule is CCNc1ncc(CN2CCN(C(C)(C)C)CC2)s1.